The molecule has 4 heteroatoms. The molecule has 0 bridgehead atoms. The van der Waals surface area contributed by atoms with Gasteiger partial charge in [0, 0.05) is 10.9 Å². The van der Waals surface area contributed by atoms with Gasteiger partial charge in [0.25, 0.3) is 5.91 Å². The van der Waals surface area contributed by atoms with Gasteiger partial charge in [0.2, 0.25) is 0 Å². The van der Waals surface area contributed by atoms with E-state index in [2.05, 4.69) is 6.92 Å². The first-order chi connectivity index (χ1) is 10.6. The van der Waals surface area contributed by atoms with Gasteiger partial charge >= 0.3 is 0 Å². The maximum absolute atomic E-state index is 11.8. The van der Waals surface area contributed by atoms with E-state index >= 15 is 0 Å². The molecule has 0 aliphatic rings. The summed E-state index contributed by atoms with van der Waals surface area (Å²) in [5.74, 6) is 0.389. The molecular weight excluding hydrogens is 276 g/mol. The minimum absolute atomic E-state index is 0.00620. The minimum atomic E-state index is -0.420. The fourth-order valence-electron chi connectivity index (χ4n) is 2.81. The maximum Gasteiger partial charge on any atom is 0.265 e. The molecule has 1 heterocycles. The van der Waals surface area contributed by atoms with Gasteiger partial charge < -0.3 is 15.0 Å². The summed E-state index contributed by atoms with van der Waals surface area (Å²) < 4.78 is 7.18. The van der Waals surface area contributed by atoms with E-state index in [9.17, 15) is 4.79 Å². The summed E-state index contributed by atoms with van der Waals surface area (Å²) in [5.41, 5.74) is 8.17. The topological polar surface area (TPSA) is 57.2 Å². The number of methoxy groups -OCH3 is 1. The lowest BCUT2D eigenvalue weighted by Gasteiger charge is -2.18. The van der Waals surface area contributed by atoms with E-state index in [4.69, 9.17) is 10.5 Å². The SMILES string of the molecule is COc1ccc([C@@H](C)n2c(C(N)=O)cc3ccccc32)cc1. The van der Waals surface area contributed by atoms with Gasteiger partial charge in [-0.05, 0) is 36.8 Å². The molecule has 0 fully saturated rings. The highest BCUT2D eigenvalue weighted by molar-refractivity contribution is 5.98. The van der Waals surface area contributed by atoms with E-state index in [0.717, 1.165) is 22.2 Å². The Morgan fingerprint density at radius 2 is 1.82 bits per heavy atom. The number of nitrogens with two attached hydrogens (primary N) is 1. The number of ether oxygens (including phenoxy) is 1. The highest BCUT2D eigenvalue weighted by Gasteiger charge is 2.18. The summed E-state index contributed by atoms with van der Waals surface area (Å²) in [7, 11) is 1.64. The van der Waals surface area contributed by atoms with Crippen LogP contribution < -0.4 is 10.5 Å². The van der Waals surface area contributed by atoms with Crippen LogP contribution in [0.25, 0.3) is 10.9 Å². The first-order valence-corrected chi connectivity index (χ1v) is 7.15. The van der Waals surface area contributed by atoms with Crippen molar-refractivity contribution in [2.75, 3.05) is 7.11 Å². The van der Waals surface area contributed by atoms with Crippen molar-refractivity contribution in [3.8, 4) is 5.75 Å². The summed E-state index contributed by atoms with van der Waals surface area (Å²) in [5, 5.41) is 1.01. The third-order valence-electron chi connectivity index (χ3n) is 3.99. The number of hydrogen-bond donors (Lipinski definition) is 1. The molecule has 0 aliphatic carbocycles. The number of para-hydroxylation sites is 1. The third-order valence-corrected chi connectivity index (χ3v) is 3.99. The number of carbonyl (C=O) groups excluding carboxylic acids is 1. The van der Waals surface area contributed by atoms with Crippen LogP contribution in [-0.4, -0.2) is 17.6 Å². The van der Waals surface area contributed by atoms with E-state index < -0.39 is 5.91 Å². The van der Waals surface area contributed by atoms with E-state index in [1.165, 1.54) is 0 Å². The molecule has 4 nitrogen and oxygen atoms in total. The van der Waals surface area contributed by atoms with Crippen LogP contribution in [0.2, 0.25) is 0 Å². The molecule has 0 saturated carbocycles. The molecule has 2 aromatic carbocycles. The summed E-state index contributed by atoms with van der Waals surface area (Å²) in [6, 6.07) is 17.6. The van der Waals surface area contributed by atoms with Gasteiger partial charge in [-0.1, -0.05) is 30.3 Å². The summed E-state index contributed by atoms with van der Waals surface area (Å²) in [4.78, 5) is 11.8. The largest absolute Gasteiger partial charge is 0.497 e. The standard InChI is InChI=1S/C18H18N2O2/c1-12(13-7-9-15(22-2)10-8-13)20-16-6-4-3-5-14(16)11-17(20)18(19)21/h3-12H,1-2H3,(H2,19,21)/t12-/m1/s1. The molecule has 22 heavy (non-hydrogen) atoms. The second-order valence-corrected chi connectivity index (χ2v) is 5.27. The Morgan fingerprint density at radius 3 is 2.45 bits per heavy atom. The Morgan fingerprint density at radius 1 is 1.14 bits per heavy atom. The fraction of sp³-hybridized carbons (Fsp3) is 0.167. The van der Waals surface area contributed by atoms with Crippen LogP contribution in [0.4, 0.5) is 0 Å². The predicted molar refractivity (Wildman–Crippen MR) is 87.3 cm³/mol. The third kappa shape index (κ3) is 2.33. The van der Waals surface area contributed by atoms with Gasteiger partial charge in [0.05, 0.1) is 13.2 Å². The van der Waals surface area contributed by atoms with Crippen molar-refractivity contribution in [3.05, 3.63) is 65.9 Å². The number of fused-ring (bicyclic) bond motifs is 1. The molecule has 0 spiro atoms. The van der Waals surface area contributed by atoms with Gasteiger partial charge in [-0.15, -0.1) is 0 Å². The number of rotatable bonds is 4. The Bertz CT molecular complexity index is 819. The zero-order valence-electron chi connectivity index (χ0n) is 12.6. The number of carbonyl (C=O) groups is 1. The highest BCUT2D eigenvalue weighted by atomic mass is 16.5. The van der Waals surface area contributed by atoms with Crippen molar-refractivity contribution in [1.82, 2.24) is 4.57 Å². The second-order valence-electron chi connectivity index (χ2n) is 5.27. The van der Waals surface area contributed by atoms with Crippen molar-refractivity contribution < 1.29 is 9.53 Å². The van der Waals surface area contributed by atoms with E-state index in [1.54, 1.807) is 7.11 Å². The van der Waals surface area contributed by atoms with Gasteiger partial charge in [0.15, 0.2) is 0 Å². The molecule has 0 unspecified atom stereocenters. The first-order valence-electron chi connectivity index (χ1n) is 7.15. The van der Waals surface area contributed by atoms with E-state index in [-0.39, 0.29) is 6.04 Å². The number of nitrogens with zero attached hydrogens (tertiary/aromatic N) is 1. The van der Waals surface area contributed by atoms with Crippen LogP contribution in [0.5, 0.6) is 5.75 Å². The summed E-state index contributed by atoms with van der Waals surface area (Å²) in [6.07, 6.45) is 0. The van der Waals surface area contributed by atoms with Crippen LogP contribution in [-0.2, 0) is 0 Å². The molecule has 1 atom stereocenters. The molecule has 0 aliphatic heterocycles. The van der Waals surface area contributed by atoms with Crippen molar-refractivity contribution >= 4 is 16.8 Å². The lowest BCUT2D eigenvalue weighted by molar-refractivity contribution is 0.0991. The van der Waals surface area contributed by atoms with Crippen molar-refractivity contribution in [1.29, 1.82) is 0 Å². The first kappa shape index (κ1) is 14.2. The number of amides is 1. The molecule has 3 rings (SSSR count). The van der Waals surface area contributed by atoms with Crippen LogP contribution >= 0.6 is 0 Å². The smallest absolute Gasteiger partial charge is 0.265 e. The summed E-state index contributed by atoms with van der Waals surface area (Å²) >= 11 is 0. The molecule has 0 radical (unpaired) electrons. The van der Waals surface area contributed by atoms with Gasteiger partial charge in [-0.25, -0.2) is 0 Å². The minimum Gasteiger partial charge on any atom is -0.497 e. The quantitative estimate of drug-likeness (QED) is 0.802. The lowest BCUT2D eigenvalue weighted by atomic mass is 10.1. The van der Waals surface area contributed by atoms with Crippen molar-refractivity contribution in [3.63, 3.8) is 0 Å². The van der Waals surface area contributed by atoms with E-state index in [1.807, 2.05) is 59.2 Å². The number of benzene rings is 2. The highest BCUT2D eigenvalue weighted by Crippen LogP contribution is 2.28. The zero-order valence-corrected chi connectivity index (χ0v) is 12.6. The van der Waals surface area contributed by atoms with Crippen LogP contribution in [0.3, 0.4) is 0 Å². The Balaban J connectivity index is 2.14. The average molecular weight is 294 g/mol. The van der Waals surface area contributed by atoms with Crippen LogP contribution in [0.15, 0.2) is 54.6 Å². The van der Waals surface area contributed by atoms with Crippen molar-refractivity contribution in [2.24, 2.45) is 5.73 Å². The molecular formula is C18H18N2O2. The number of aromatic nitrogens is 1. The predicted octanol–water partition coefficient (Wildman–Crippen LogP) is 3.36. The van der Waals surface area contributed by atoms with Gasteiger partial charge in [-0.3, -0.25) is 4.79 Å². The lowest BCUT2D eigenvalue weighted by Crippen LogP contribution is -2.19. The van der Waals surface area contributed by atoms with Gasteiger partial charge in [0.1, 0.15) is 11.4 Å². The summed E-state index contributed by atoms with van der Waals surface area (Å²) in [6.45, 7) is 2.06. The second kappa shape index (κ2) is 5.56. The Labute approximate surface area is 129 Å². The van der Waals surface area contributed by atoms with Crippen molar-refractivity contribution in [2.45, 2.75) is 13.0 Å². The molecule has 3 aromatic rings. The fourth-order valence-corrected chi connectivity index (χ4v) is 2.81. The average Bonchev–Trinajstić information content (AvgIpc) is 2.94. The Hall–Kier alpha value is -2.75. The number of hydrogen-bond acceptors (Lipinski definition) is 2. The van der Waals surface area contributed by atoms with Crippen LogP contribution in [0, 0.1) is 0 Å². The van der Waals surface area contributed by atoms with Gasteiger partial charge in [-0.2, -0.15) is 0 Å². The Kier molecular flexibility index (Phi) is 3.59. The molecule has 2 N–H and O–H groups in total. The number of primary amides is 1. The molecule has 0 saturated heterocycles. The molecule has 1 amide bonds. The molecule has 1 aromatic heterocycles. The normalized spacial score (nSPS) is 12.3. The molecule has 112 valence electrons. The maximum atomic E-state index is 11.8. The monoisotopic (exact) mass is 294 g/mol. The van der Waals surface area contributed by atoms with Crippen LogP contribution in [0.1, 0.15) is 29.0 Å². The van der Waals surface area contributed by atoms with E-state index in [0.29, 0.717) is 5.69 Å². The zero-order chi connectivity index (χ0) is 15.7.